The first-order valence-electron chi connectivity index (χ1n) is 11.1. The Balaban J connectivity index is 2.00. The molecule has 2 amide bonds. The van der Waals surface area contributed by atoms with Crippen LogP contribution < -0.4 is 5.32 Å². The number of amides is 2. The number of hydrogen-bond acceptors (Lipinski definition) is 2. The molecule has 7 heteroatoms. The average molecular weight is 501 g/mol. The van der Waals surface area contributed by atoms with Crippen LogP contribution in [-0.2, 0) is 29.0 Å². The number of carbonyl (C=O) groups is 2. The van der Waals surface area contributed by atoms with Crippen LogP contribution in [0.2, 0.25) is 10.0 Å². The van der Waals surface area contributed by atoms with Gasteiger partial charge in [-0.25, -0.2) is 4.39 Å². The fourth-order valence-electron chi connectivity index (χ4n) is 3.68. The molecule has 0 saturated carbocycles. The molecule has 0 saturated heterocycles. The summed E-state index contributed by atoms with van der Waals surface area (Å²) in [5.74, 6) is -0.943. The molecule has 0 heterocycles. The fourth-order valence-corrected chi connectivity index (χ4v) is 4.21. The molecular formula is C27H27Cl2FN2O2. The van der Waals surface area contributed by atoms with E-state index in [0.717, 1.165) is 5.56 Å². The summed E-state index contributed by atoms with van der Waals surface area (Å²) in [6, 6.07) is 19.6. The summed E-state index contributed by atoms with van der Waals surface area (Å²) in [6.07, 6.45) is 0.253. The Labute approximate surface area is 209 Å². The van der Waals surface area contributed by atoms with Gasteiger partial charge in [0.25, 0.3) is 0 Å². The van der Waals surface area contributed by atoms with E-state index >= 15 is 0 Å². The van der Waals surface area contributed by atoms with Gasteiger partial charge in [0, 0.05) is 29.1 Å². The van der Waals surface area contributed by atoms with Gasteiger partial charge in [0.2, 0.25) is 11.8 Å². The van der Waals surface area contributed by atoms with Crippen molar-refractivity contribution in [2.24, 2.45) is 0 Å². The number of halogens is 3. The van der Waals surface area contributed by atoms with Crippen LogP contribution in [0.4, 0.5) is 4.39 Å². The SMILES string of the molecule is CC(C)NC(=O)[C@@H](Cc1ccccc1)N(Cc1ccc(F)cc1)C(=O)Cc1c(Cl)cccc1Cl. The number of rotatable bonds is 9. The van der Waals surface area contributed by atoms with E-state index in [9.17, 15) is 14.0 Å². The normalized spacial score (nSPS) is 11.8. The lowest BCUT2D eigenvalue weighted by molar-refractivity contribution is -0.141. The molecule has 3 aromatic carbocycles. The van der Waals surface area contributed by atoms with Crippen molar-refractivity contribution in [1.29, 1.82) is 0 Å². The molecule has 0 spiro atoms. The van der Waals surface area contributed by atoms with Crippen LogP contribution in [0.5, 0.6) is 0 Å². The highest BCUT2D eigenvalue weighted by Gasteiger charge is 2.31. The molecule has 0 aliphatic heterocycles. The molecule has 3 rings (SSSR count). The molecule has 4 nitrogen and oxygen atoms in total. The summed E-state index contributed by atoms with van der Waals surface area (Å²) >= 11 is 12.6. The monoisotopic (exact) mass is 500 g/mol. The molecule has 3 aromatic rings. The lowest BCUT2D eigenvalue weighted by Crippen LogP contribution is -2.52. The third-order valence-electron chi connectivity index (χ3n) is 5.36. The Morgan fingerprint density at radius 1 is 0.882 bits per heavy atom. The minimum absolute atomic E-state index is 0.0695. The second-order valence-corrected chi connectivity index (χ2v) is 9.21. The Morgan fingerprint density at radius 3 is 2.09 bits per heavy atom. The van der Waals surface area contributed by atoms with Crippen molar-refractivity contribution in [2.45, 2.75) is 45.3 Å². The third kappa shape index (κ3) is 7.05. The molecule has 0 fully saturated rings. The summed E-state index contributed by atoms with van der Waals surface area (Å²) in [5.41, 5.74) is 2.12. The minimum atomic E-state index is -0.788. The van der Waals surface area contributed by atoms with Gasteiger partial charge in [-0.15, -0.1) is 0 Å². The van der Waals surface area contributed by atoms with Gasteiger partial charge in [-0.2, -0.15) is 0 Å². The predicted molar refractivity (Wildman–Crippen MR) is 134 cm³/mol. The predicted octanol–water partition coefficient (Wildman–Crippen LogP) is 5.84. The standard InChI is InChI=1S/C27H27Cl2FN2O2/c1-18(2)31-27(34)25(15-19-7-4-3-5-8-19)32(17-20-11-13-21(30)14-12-20)26(33)16-22-23(28)9-6-10-24(22)29/h3-14,18,25H,15-17H2,1-2H3,(H,31,34)/t25-/m1/s1. The molecule has 34 heavy (non-hydrogen) atoms. The second kappa shape index (κ2) is 12.0. The van der Waals surface area contributed by atoms with Gasteiger partial charge in [0.05, 0.1) is 6.42 Å². The van der Waals surface area contributed by atoms with Gasteiger partial charge in [0.15, 0.2) is 0 Å². The molecule has 0 radical (unpaired) electrons. The number of carbonyl (C=O) groups excluding carboxylic acids is 2. The Morgan fingerprint density at radius 2 is 1.50 bits per heavy atom. The topological polar surface area (TPSA) is 49.4 Å². The number of nitrogens with zero attached hydrogens (tertiary/aromatic N) is 1. The van der Waals surface area contributed by atoms with E-state index < -0.39 is 6.04 Å². The molecule has 178 valence electrons. The van der Waals surface area contributed by atoms with Gasteiger partial charge in [-0.3, -0.25) is 9.59 Å². The lowest BCUT2D eigenvalue weighted by Gasteiger charge is -2.32. The van der Waals surface area contributed by atoms with Gasteiger partial charge < -0.3 is 10.2 Å². The van der Waals surface area contributed by atoms with Crippen molar-refractivity contribution >= 4 is 35.0 Å². The zero-order valence-corrected chi connectivity index (χ0v) is 20.6. The highest BCUT2D eigenvalue weighted by Crippen LogP contribution is 2.26. The largest absolute Gasteiger partial charge is 0.352 e. The van der Waals surface area contributed by atoms with E-state index in [2.05, 4.69) is 5.32 Å². The van der Waals surface area contributed by atoms with Crippen LogP contribution in [0.25, 0.3) is 0 Å². The van der Waals surface area contributed by atoms with E-state index in [-0.39, 0.29) is 36.6 Å². The smallest absolute Gasteiger partial charge is 0.243 e. The summed E-state index contributed by atoms with van der Waals surface area (Å²) in [7, 11) is 0. The van der Waals surface area contributed by atoms with Gasteiger partial charge in [-0.1, -0.05) is 71.7 Å². The first kappa shape index (κ1) is 25.7. The number of benzene rings is 3. The zero-order valence-electron chi connectivity index (χ0n) is 19.1. The Kier molecular flexibility index (Phi) is 9.08. The first-order chi connectivity index (χ1) is 16.2. The third-order valence-corrected chi connectivity index (χ3v) is 6.07. The molecule has 0 aliphatic carbocycles. The molecule has 0 bridgehead atoms. The van der Waals surface area contributed by atoms with Crippen LogP contribution in [0.15, 0.2) is 72.8 Å². The van der Waals surface area contributed by atoms with Crippen LogP contribution in [-0.4, -0.2) is 28.8 Å². The molecule has 0 aliphatic rings. The quantitative estimate of drug-likeness (QED) is 0.401. The fraction of sp³-hybridized carbons (Fsp3) is 0.259. The Bertz CT molecular complexity index is 1100. The van der Waals surface area contributed by atoms with E-state index in [0.29, 0.717) is 27.6 Å². The maximum Gasteiger partial charge on any atom is 0.243 e. The summed E-state index contributed by atoms with van der Waals surface area (Å²) in [6.45, 7) is 3.87. The van der Waals surface area contributed by atoms with Crippen molar-refractivity contribution in [2.75, 3.05) is 0 Å². The van der Waals surface area contributed by atoms with Crippen molar-refractivity contribution in [1.82, 2.24) is 10.2 Å². The van der Waals surface area contributed by atoms with E-state index in [1.807, 2.05) is 44.2 Å². The summed E-state index contributed by atoms with van der Waals surface area (Å²) in [5, 5.41) is 3.70. The molecule has 0 unspecified atom stereocenters. The van der Waals surface area contributed by atoms with Crippen molar-refractivity contribution in [3.05, 3.63) is 105 Å². The minimum Gasteiger partial charge on any atom is -0.352 e. The summed E-state index contributed by atoms with van der Waals surface area (Å²) < 4.78 is 13.5. The van der Waals surface area contributed by atoms with E-state index in [1.165, 1.54) is 17.0 Å². The average Bonchev–Trinajstić information content (AvgIpc) is 2.80. The Hall–Kier alpha value is -2.89. The van der Waals surface area contributed by atoms with E-state index in [1.54, 1.807) is 30.3 Å². The van der Waals surface area contributed by atoms with Gasteiger partial charge in [0.1, 0.15) is 11.9 Å². The van der Waals surface area contributed by atoms with Crippen molar-refractivity contribution < 1.29 is 14.0 Å². The molecule has 0 aromatic heterocycles. The highest BCUT2D eigenvalue weighted by molar-refractivity contribution is 6.36. The van der Waals surface area contributed by atoms with Gasteiger partial charge >= 0.3 is 0 Å². The maximum atomic E-state index is 13.7. The number of hydrogen-bond donors (Lipinski definition) is 1. The summed E-state index contributed by atoms with van der Waals surface area (Å²) in [4.78, 5) is 28.5. The van der Waals surface area contributed by atoms with Crippen molar-refractivity contribution in [3.8, 4) is 0 Å². The zero-order chi connectivity index (χ0) is 24.7. The van der Waals surface area contributed by atoms with Crippen LogP contribution in [0.3, 0.4) is 0 Å². The van der Waals surface area contributed by atoms with Crippen molar-refractivity contribution in [3.63, 3.8) is 0 Å². The van der Waals surface area contributed by atoms with Gasteiger partial charge in [-0.05, 0) is 54.8 Å². The second-order valence-electron chi connectivity index (χ2n) is 8.39. The van der Waals surface area contributed by atoms with Crippen LogP contribution in [0, 0.1) is 5.82 Å². The maximum absolute atomic E-state index is 13.7. The molecule has 1 atom stereocenters. The number of nitrogens with one attached hydrogen (secondary N) is 1. The highest BCUT2D eigenvalue weighted by atomic mass is 35.5. The van der Waals surface area contributed by atoms with Crippen LogP contribution in [0.1, 0.15) is 30.5 Å². The van der Waals surface area contributed by atoms with Crippen LogP contribution >= 0.6 is 23.2 Å². The molecular weight excluding hydrogens is 474 g/mol. The van der Waals surface area contributed by atoms with E-state index in [4.69, 9.17) is 23.2 Å². The first-order valence-corrected chi connectivity index (χ1v) is 11.8. The lowest BCUT2D eigenvalue weighted by atomic mass is 10.0. The molecule has 1 N–H and O–H groups in total.